The van der Waals surface area contributed by atoms with Gasteiger partial charge < -0.3 is 24.5 Å². The van der Waals surface area contributed by atoms with Crippen LogP contribution in [0.3, 0.4) is 0 Å². The van der Waals surface area contributed by atoms with Gasteiger partial charge in [0, 0.05) is 39.3 Å². The summed E-state index contributed by atoms with van der Waals surface area (Å²) >= 11 is 0. The van der Waals surface area contributed by atoms with E-state index >= 15 is 0 Å². The Hall–Kier alpha value is -2.97. The molecule has 2 saturated heterocycles. The SMILES string of the molecule is CCCCCN1CC=C[C@]23O[C@]4(C)C=CCN(Cc5ccccc5)C(=O)[C@@H]4[C@H]2C(=O)N(CCCCCCO)C3C1=O. The number of aliphatic hydroxyl groups is 1. The predicted molar refractivity (Wildman–Crippen MR) is 156 cm³/mol. The molecule has 4 heterocycles. The van der Waals surface area contributed by atoms with Gasteiger partial charge in [0.05, 0.1) is 17.4 Å². The molecule has 0 aromatic heterocycles. The molecule has 2 fully saturated rings. The van der Waals surface area contributed by atoms with Crippen molar-refractivity contribution in [3.63, 3.8) is 0 Å². The average molecular weight is 564 g/mol. The summed E-state index contributed by atoms with van der Waals surface area (Å²) in [4.78, 5) is 48.4. The van der Waals surface area contributed by atoms with Gasteiger partial charge >= 0.3 is 0 Å². The topological polar surface area (TPSA) is 90.4 Å². The standard InChI is InChI=1S/C33H45N3O5/c1-3-4-10-19-34-20-14-18-33-27(30(39)36(28(33)31(34)40)22-11-5-6-12-23-37)26-29(38)35(21-13-17-32(26,2)41-33)24-25-15-8-7-9-16-25/h7-9,13-18,26-28,37H,3-6,10-12,19-24H2,1-2H3/t26-,27-,28?,32+,33-/m0/s1. The number of likely N-dealkylation sites (tertiary alicyclic amines) is 1. The average Bonchev–Trinajstić information content (AvgIpc) is 3.23. The summed E-state index contributed by atoms with van der Waals surface area (Å²) in [6.07, 6.45) is 14.0. The van der Waals surface area contributed by atoms with E-state index in [2.05, 4.69) is 6.92 Å². The molecule has 0 saturated carbocycles. The van der Waals surface area contributed by atoms with E-state index < -0.39 is 29.1 Å². The Morgan fingerprint density at radius 3 is 2.29 bits per heavy atom. The van der Waals surface area contributed by atoms with Gasteiger partial charge in [-0.25, -0.2) is 0 Å². The molecule has 0 radical (unpaired) electrons. The molecule has 4 aliphatic rings. The number of benzene rings is 1. The van der Waals surface area contributed by atoms with E-state index in [-0.39, 0.29) is 24.3 Å². The van der Waals surface area contributed by atoms with Gasteiger partial charge in [0.1, 0.15) is 11.6 Å². The largest absolute Gasteiger partial charge is 0.396 e. The second kappa shape index (κ2) is 12.5. The third-order valence-corrected chi connectivity index (χ3v) is 9.28. The van der Waals surface area contributed by atoms with Crippen molar-refractivity contribution in [2.24, 2.45) is 11.8 Å². The number of aliphatic hydroxyl groups excluding tert-OH is 1. The van der Waals surface area contributed by atoms with Crippen LogP contribution < -0.4 is 0 Å². The van der Waals surface area contributed by atoms with Crippen LogP contribution in [0.4, 0.5) is 0 Å². The Kier molecular flexibility index (Phi) is 9.00. The lowest BCUT2D eigenvalue weighted by Crippen LogP contribution is -2.56. The quantitative estimate of drug-likeness (QED) is 0.310. The van der Waals surface area contributed by atoms with Crippen LogP contribution in [0.15, 0.2) is 54.6 Å². The first-order chi connectivity index (χ1) is 19.9. The zero-order valence-electron chi connectivity index (χ0n) is 24.5. The van der Waals surface area contributed by atoms with Crippen molar-refractivity contribution in [2.45, 2.75) is 82.6 Å². The van der Waals surface area contributed by atoms with Crippen molar-refractivity contribution < 1.29 is 24.2 Å². The van der Waals surface area contributed by atoms with E-state index in [1.807, 2.05) is 71.4 Å². The van der Waals surface area contributed by atoms with Crippen molar-refractivity contribution in [1.82, 2.24) is 14.7 Å². The van der Waals surface area contributed by atoms with Crippen LogP contribution in [0.5, 0.6) is 0 Å². The molecule has 0 aliphatic carbocycles. The normalized spacial score (nSPS) is 30.9. The number of nitrogens with zero attached hydrogens (tertiary/aromatic N) is 3. The minimum absolute atomic E-state index is 0.0880. The fraction of sp³-hybridized carbons (Fsp3) is 0.606. The Labute approximate surface area is 244 Å². The number of unbranched alkanes of at least 4 members (excludes halogenated alkanes) is 5. The first kappa shape index (κ1) is 29.5. The Morgan fingerprint density at radius 2 is 1.54 bits per heavy atom. The molecule has 3 amide bonds. The Balaban J connectivity index is 1.49. The maximum Gasteiger partial charge on any atom is 0.249 e. The van der Waals surface area contributed by atoms with Crippen molar-refractivity contribution >= 4 is 17.7 Å². The van der Waals surface area contributed by atoms with Crippen molar-refractivity contribution in [3.05, 3.63) is 60.2 Å². The maximum atomic E-state index is 14.4. The first-order valence-electron chi connectivity index (χ1n) is 15.4. The molecular weight excluding hydrogens is 518 g/mol. The van der Waals surface area contributed by atoms with E-state index in [1.54, 1.807) is 4.90 Å². The second-order valence-electron chi connectivity index (χ2n) is 12.2. The Bertz CT molecular complexity index is 1170. The molecule has 5 rings (SSSR count). The minimum Gasteiger partial charge on any atom is -0.396 e. The van der Waals surface area contributed by atoms with Crippen LogP contribution in [0.25, 0.3) is 0 Å². The van der Waals surface area contributed by atoms with Gasteiger partial charge in [0.2, 0.25) is 17.7 Å². The molecule has 8 heteroatoms. The monoisotopic (exact) mass is 563 g/mol. The molecule has 1 unspecified atom stereocenters. The van der Waals surface area contributed by atoms with Crippen LogP contribution in [0.2, 0.25) is 0 Å². The van der Waals surface area contributed by atoms with Gasteiger partial charge in [-0.05, 0) is 31.7 Å². The highest BCUT2D eigenvalue weighted by atomic mass is 16.5. The van der Waals surface area contributed by atoms with Crippen LogP contribution in [-0.4, -0.2) is 87.6 Å². The number of hydrogen-bond acceptors (Lipinski definition) is 5. The van der Waals surface area contributed by atoms with Gasteiger partial charge in [-0.1, -0.05) is 87.2 Å². The highest BCUT2D eigenvalue weighted by molar-refractivity contribution is 6.00. The number of ether oxygens (including phenoxy) is 1. The molecule has 4 aliphatic heterocycles. The lowest BCUT2D eigenvalue weighted by Gasteiger charge is -2.37. The molecule has 1 aromatic rings. The molecule has 8 nitrogen and oxygen atoms in total. The van der Waals surface area contributed by atoms with Crippen LogP contribution in [0, 0.1) is 11.8 Å². The van der Waals surface area contributed by atoms with Crippen molar-refractivity contribution in [1.29, 1.82) is 0 Å². The summed E-state index contributed by atoms with van der Waals surface area (Å²) in [5, 5.41) is 9.18. The smallest absolute Gasteiger partial charge is 0.249 e. The summed E-state index contributed by atoms with van der Waals surface area (Å²) in [5.74, 6) is -1.87. The van der Waals surface area contributed by atoms with E-state index in [0.29, 0.717) is 32.7 Å². The summed E-state index contributed by atoms with van der Waals surface area (Å²) in [5.41, 5.74) is -1.18. The third-order valence-electron chi connectivity index (χ3n) is 9.28. The summed E-state index contributed by atoms with van der Waals surface area (Å²) in [6.45, 7) is 6.61. The number of hydrogen-bond donors (Lipinski definition) is 1. The molecule has 222 valence electrons. The van der Waals surface area contributed by atoms with E-state index in [0.717, 1.165) is 50.5 Å². The van der Waals surface area contributed by atoms with Crippen LogP contribution in [-0.2, 0) is 25.7 Å². The highest BCUT2D eigenvalue weighted by Crippen LogP contribution is 2.57. The molecule has 5 atom stereocenters. The zero-order chi connectivity index (χ0) is 29.0. The summed E-state index contributed by atoms with van der Waals surface area (Å²) in [6, 6.07) is 9.08. The second-order valence-corrected chi connectivity index (χ2v) is 12.2. The van der Waals surface area contributed by atoms with E-state index in [4.69, 9.17) is 4.74 Å². The van der Waals surface area contributed by atoms with E-state index in [9.17, 15) is 19.5 Å². The lowest BCUT2D eigenvalue weighted by molar-refractivity contribution is -0.153. The van der Waals surface area contributed by atoms with Crippen molar-refractivity contribution in [3.8, 4) is 0 Å². The molecule has 1 N–H and O–H groups in total. The van der Waals surface area contributed by atoms with Gasteiger partial charge in [0.25, 0.3) is 0 Å². The zero-order valence-corrected chi connectivity index (χ0v) is 24.5. The number of rotatable bonds is 12. The number of carbonyl (C=O) groups is 3. The number of amides is 3. The molecule has 41 heavy (non-hydrogen) atoms. The van der Waals surface area contributed by atoms with Crippen LogP contribution in [0.1, 0.15) is 64.4 Å². The lowest BCUT2D eigenvalue weighted by atomic mass is 9.74. The third kappa shape index (κ3) is 5.48. The van der Waals surface area contributed by atoms with Crippen LogP contribution >= 0.6 is 0 Å². The minimum atomic E-state index is -1.20. The van der Waals surface area contributed by atoms with Gasteiger partial charge in [0.15, 0.2) is 0 Å². The molecule has 1 spiro atoms. The first-order valence-corrected chi connectivity index (χ1v) is 15.4. The molecular formula is C33H45N3O5. The number of fused-ring (bicyclic) bond motifs is 2. The van der Waals surface area contributed by atoms with Gasteiger partial charge in [-0.2, -0.15) is 0 Å². The van der Waals surface area contributed by atoms with Gasteiger partial charge in [-0.3, -0.25) is 14.4 Å². The number of carbonyl (C=O) groups excluding carboxylic acids is 3. The molecule has 0 bridgehead atoms. The maximum absolute atomic E-state index is 14.4. The summed E-state index contributed by atoms with van der Waals surface area (Å²) in [7, 11) is 0. The summed E-state index contributed by atoms with van der Waals surface area (Å²) < 4.78 is 6.92. The van der Waals surface area contributed by atoms with E-state index in [1.165, 1.54) is 0 Å². The highest BCUT2D eigenvalue weighted by Gasteiger charge is 2.74. The van der Waals surface area contributed by atoms with Crippen molar-refractivity contribution in [2.75, 3.05) is 32.8 Å². The van der Waals surface area contributed by atoms with Gasteiger partial charge in [-0.15, -0.1) is 0 Å². The Morgan fingerprint density at radius 1 is 0.829 bits per heavy atom. The molecule has 1 aromatic carbocycles. The fourth-order valence-corrected chi connectivity index (χ4v) is 7.31. The fourth-order valence-electron chi connectivity index (χ4n) is 7.31. The predicted octanol–water partition coefficient (Wildman–Crippen LogP) is 3.70.